The third-order valence-corrected chi connectivity index (χ3v) is 5.88. The van der Waals surface area contributed by atoms with Gasteiger partial charge in [0.05, 0.1) is 5.56 Å². The number of carbonyl (C=O) groups is 1. The minimum Gasteiger partial charge on any atom is -0.360 e. The Hall–Kier alpha value is -3.85. The standard InChI is InChI=1S/C28H24N2O/c1-2-20-12-18-24(19-13-20)30-27(29-26-11-7-6-10-25(26)28(30)31)23-16-14-22(15-17-23)21-8-4-3-5-9-21/h3-19,27,29H,2H2,1H3. The van der Waals surface area contributed by atoms with Gasteiger partial charge in [-0.15, -0.1) is 0 Å². The first-order valence-electron chi connectivity index (χ1n) is 10.7. The quantitative estimate of drug-likeness (QED) is 0.411. The van der Waals surface area contributed by atoms with Gasteiger partial charge in [-0.25, -0.2) is 0 Å². The van der Waals surface area contributed by atoms with Gasteiger partial charge >= 0.3 is 0 Å². The van der Waals surface area contributed by atoms with Gasteiger partial charge in [0.1, 0.15) is 6.17 Å². The van der Waals surface area contributed by atoms with Crippen LogP contribution in [0.15, 0.2) is 103 Å². The van der Waals surface area contributed by atoms with Gasteiger partial charge in [-0.1, -0.05) is 85.8 Å². The molecule has 1 amide bonds. The van der Waals surface area contributed by atoms with E-state index in [9.17, 15) is 4.79 Å². The minimum absolute atomic E-state index is 0.00994. The number of fused-ring (bicyclic) bond motifs is 1. The van der Waals surface area contributed by atoms with Crippen molar-refractivity contribution in [1.29, 1.82) is 0 Å². The van der Waals surface area contributed by atoms with E-state index in [4.69, 9.17) is 0 Å². The molecule has 1 heterocycles. The SMILES string of the molecule is CCc1ccc(N2C(=O)c3ccccc3NC2c2ccc(-c3ccccc3)cc2)cc1. The molecule has 3 nitrogen and oxygen atoms in total. The summed E-state index contributed by atoms with van der Waals surface area (Å²) in [6, 6.07) is 34.8. The lowest BCUT2D eigenvalue weighted by Crippen LogP contribution is -2.43. The van der Waals surface area contributed by atoms with E-state index in [0.29, 0.717) is 5.56 Å². The molecule has 5 rings (SSSR count). The lowest BCUT2D eigenvalue weighted by molar-refractivity contribution is 0.0975. The molecule has 0 saturated heterocycles. The van der Waals surface area contributed by atoms with Gasteiger partial charge in [-0.2, -0.15) is 0 Å². The third kappa shape index (κ3) is 3.59. The molecule has 0 bridgehead atoms. The van der Waals surface area contributed by atoms with Gasteiger partial charge in [0.2, 0.25) is 0 Å². The highest BCUT2D eigenvalue weighted by molar-refractivity contribution is 6.12. The summed E-state index contributed by atoms with van der Waals surface area (Å²) < 4.78 is 0. The molecule has 0 aliphatic carbocycles. The molecule has 4 aromatic rings. The molecular weight excluding hydrogens is 380 g/mol. The highest BCUT2D eigenvalue weighted by Gasteiger charge is 2.33. The van der Waals surface area contributed by atoms with Crippen molar-refractivity contribution in [3.8, 4) is 11.1 Å². The van der Waals surface area contributed by atoms with E-state index in [1.807, 2.05) is 59.5 Å². The molecule has 0 fully saturated rings. The van der Waals surface area contributed by atoms with Crippen LogP contribution in [0.1, 0.15) is 34.6 Å². The Bertz CT molecular complexity index is 1200. The Kier molecular flexibility index (Phi) is 5.01. The van der Waals surface area contributed by atoms with Gasteiger partial charge in [0.15, 0.2) is 0 Å². The largest absolute Gasteiger partial charge is 0.360 e. The van der Waals surface area contributed by atoms with Gasteiger partial charge < -0.3 is 5.32 Å². The lowest BCUT2D eigenvalue weighted by atomic mass is 9.99. The van der Waals surface area contributed by atoms with Crippen molar-refractivity contribution in [3.05, 3.63) is 120 Å². The zero-order valence-corrected chi connectivity index (χ0v) is 17.5. The van der Waals surface area contributed by atoms with Crippen molar-refractivity contribution >= 4 is 17.3 Å². The summed E-state index contributed by atoms with van der Waals surface area (Å²) in [7, 11) is 0. The van der Waals surface area contributed by atoms with Crippen molar-refractivity contribution in [2.45, 2.75) is 19.5 Å². The van der Waals surface area contributed by atoms with Gasteiger partial charge in [-0.3, -0.25) is 9.69 Å². The summed E-state index contributed by atoms with van der Waals surface area (Å²) >= 11 is 0. The van der Waals surface area contributed by atoms with Crippen LogP contribution < -0.4 is 10.2 Å². The van der Waals surface area contributed by atoms with E-state index in [0.717, 1.165) is 28.9 Å². The van der Waals surface area contributed by atoms with Crippen LogP contribution in [-0.4, -0.2) is 5.91 Å². The van der Waals surface area contributed by atoms with Crippen LogP contribution in [0.2, 0.25) is 0 Å². The summed E-state index contributed by atoms with van der Waals surface area (Å²) in [5.74, 6) is 0.00994. The fourth-order valence-corrected chi connectivity index (χ4v) is 4.13. The summed E-state index contributed by atoms with van der Waals surface area (Å²) in [6.07, 6.45) is 0.694. The average Bonchev–Trinajstić information content (AvgIpc) is 2.85. The zero-order valence-electron chi connectivity index (χ0n) is 17.5. The van der Waals surface area contributed by atoms with Crippen LogP contribution in [-0.2, 0) is 6.42 Å². The summed E-state index contributed by atoms with van der Waals surface area (Å²) in [5, 5.41) is 3.59. The summed E-state index contributed by atoms with van der Waals surface area (Å²) in [6.45, 7) is 2.13. The fraction of sp³-hybridized carbons (Fsp3) is 0.107. The molecular formula is C28H24N2O. The van der Waals surface area contributed by atoms with E-state index in [2.05, 4.69) is 60.8 Å². The van der Waals surface area contributed by atoms with Crippen molar-refractivity contribution in [1.82, 2.24) is 0 Å². The van der Waals surface area contributed by atoms with Crippen LogP contribution in [0, 0.1) is 0 Å². The fourth-order valence-electron chi connectivity index (χ4n) is 4.13. The predicted octanol–water partition coefficient (Wildman–Crippen LogP) is 6.69. The van der Waals surface area contributed by atoms with Crippen LogP contribution >= 0.6 is 0 Å². The third-order valence-electron chi connectivity index (χ3n) is 5.88. The molecule has 0 aromatic heterocycles. The molecule has 3 heteroatoms. The molecule has 1 N–H and O–H groups in total. The van der Waals surface area contributed by atoms with Crippen molar-refractivity contribution < 1.29 is 4.79 Å². The normalized spacial score (nSPS) is 15.3. The van der Waals surface area contributed by atoms with E-state index in [1.165, 1.54) is 11.1 Å². The number of rotatable bonds is 4. The van der Waals surface area contributed by atoms with Crippen molar-refractivity contribution in [2.75, 3.05) is 10.2 Å². The molecule has 1 unspecified atom stereocenters. The Morgan fingerprint density at radius 1 is 0.742 bits per heavy atom. The minimum atomic E-state index is -0.278. The number of anilines is 2. The average molecular weight is 405 g/mol. The van der Waals surface area contributed by atoms with Crippen LogP contribution in [0.3, 0.4) is 0 Å². The maximum absolute atomic E-state index is 13.5. The molecule has 4 aromatic carbocycles. The maximum atomic E-state index is 13.5. The molecule has 1 aliphatic heterocycles. The van der Waals surface area contributed by atoms with Crippen molar-refractivity contribution in [2.24, 2.45) is 0 Å². The Morgan fingerprint density at radius 3 is 2.10 bits per heavy atom. The second-order valence-corrected chi connectivity index (χ2v) is 7.78. The number of nitrogens with one attached hydrogen (secondary N) is 1. The molecule has 0 saturated carbocycles. The predicted molar refractivity (Wildman–Crippen MR) is 127 cm³/mol. The second kappa shape index (κ2) is 8.11. The van der Waals surface area contributed by atoms with Crippen molar-refractivity contribution in [3.63, 3.8) is 0 Å². The number of hydrogen-bond acceptors (Lipinski definition) is 2. The number of benzene rings is 4. The number of carbonyl (C=O) groups excluding carboxylic acids is 1. The number of para-hydroxylation sites is 1. The number of aryl methyl sites for hydroxylation is 1. The summed E-state index contributed by atoms with van der Waals surface area (Å²) in [5.41, 5.74) is 7.09. The Balaban J connectivity index is 1.56. The molecule has 1 atom stereocenters. The number of hydrogen-bond donors (Lipinski definition) is 1. The van der Waals surface area contributed by atoms with Gasteiger partial charge in [0.25, 0.3) is 5.91 Å². The van der Waals surface area contributed by atoms with E-state index < -0.39 is 0 Å². The number of amides is 1. The van der Waals surface area contributed by atoms with Crippen LogP contribution in [0.5, 0.6) is 0 Å². The van der Waals surface area contributed by atoms with E-state index in [1.54, 1.807) is 0 Å². The topological polar surface area (TPSA) is 32.3 Å². The highest BCUT2D eigenvalue weighted by Crippen LogP contribution is 2.37. The van der Waals surface area contributed by atoms with Gasteiger partial charge in [0, 0.05) is 11.4 Å². The monoisotopic (exact) mass is 404 g/mol. The second-order valence-electron chi connectivity index (χ2n) is 7.78. The highest BCUT2D eigenvalue weighted by atomic mass is 16.2. The first-order valence-corrected chi connectivity index (χ1v) is 10.7. The first kappa shape index (κ1) is 19.1. The molecule has 0 spiro atoms. The molecule has 152 valence electrons. The molecule has 0 radical (unpaired) electrons. The van der Waals surface area contributed by atoms with E-state index in [-0.39, 0.29) is 12.1 Å². The van der Waals surface area contributed by atoms with Crippen LogP contribution in [0.25, 0.3) is 11.1 Å². The molecule has 1 aliphatic rings. The first-order chi connectivity index (χ1) is 15.2. The maximum Gasteiger partial charge on any atom is 0.262 e. The van der Waals surface area contributed by atoms with Crippen LogP contribution in [0.4, 0.5) is 11.4 Å². The smallest absolute Gasteiger partial charge is 0.262 e. The zero-order chi connectivity index (χ0) is 21.2. The lowest BCUT2D eigenvalue weighted by Gasteiger charge is -2.38. The number of nitrogens with zero attached hydrogens (tertiary/aromatic N) is 1. The van der Waals surface area contributed by atoms with Gasteiger partial charge in [-0.05, 0) is 52.9 Å². The summed E-state index contributed by atoms with van der Waals surface area (Å²) in [4.78, 5) is 15.4. The Labute approximate surface area is 183 Å². The Morgan fingerprint density at radius 2 is 1.39 bits per heavy atom. The molecule has 31 heavy (non-hydrogen) atoms. The van der Waals surface area contributed by atoms with E-state index >= 15 is 0 Å².